The molecule has 0 aromatic rings. The highest BCUT2D eigenvalue weighted by Crippen LogP contribution is 2.23. The standard InChI is InChI=1S/C59H105NO8/c1-3-5-7-9-11-13-15-17-19-21-22-23-24-25-26-27-28-29-30-31-32-33-35-37-39-41-43-45-47-49-55(63)60-52(51-67-59-58(66)57(65)56(64)54(50-61)68-59)53(62)48-46-44-42-40-38-36-34-20-18-16-14-12-10-8-6-4-2/h15,17-18,20-22,24-25,38,40,46,48,52-54,56-59,61-62,64-66H,3-14,16,19,23,26-37,39,41-45,47,49-51H2,1-2H3,(H,60,63)/b17-15-,20-18+,22-21-,25-24-,40-38+,48-46+. The number of aliphatic hydroxyl groups is 5. The quantitative estimate of drug-likeness (QED) is 0.0261. The summed E-state index contributed by atoms with van der Waals surface area (Å²) >= 11 is 0. The van der Waals surface area contributed by atoms with Crippen molar-refractivity contribution in [2.24, 2.45) is 0 Å². The summed E-state index contributed by atoms with van der Waals surface area (Å²) in [6.45, 7) is 3.74. The predicted octanol–water partition coefficient (Wildman–Crippen LogP) is 13.7. The normalized spacial score (nSPS) is 20.1. The van der Waals surface area contributed by atoms with Gasteiger partial charge in [-0.3, -0.25) is 4.79 Å². The van der Waals surface area contributed by atoms with Gasteiger partial charge >= 0.3 is 0 Å². The van der Waals surface area contributed by atoms with E-state index in [1.165, 1.54) is 154 Å². The summed E-state index contributed by atoms with van der Waals surface area (Å²) in [6, 6.07) is -0.831. The third-order valence-electron chi connectivity index (χ3n) is 13.0. The fraction of sp³-hybridized carbons (Fsp3) is 0.780. The first-order valence-corrected chi connectivity index (χ1v) is 28.2. The van der Waals surface area contributed by atoms with Gasteiger partial charge in [-0.15, -0.1) is 0 Å². The number of hydrogen-bond donors (Lipinski definition) is 6. The lowest BCUT2D eigenvalue weighted by Crippen LogP contribution is -2.60. The molecule has 0 aromatic carbocycles. The summed E-state index contributed by atoms with van der Waals surface area (Å²) in [5, 5.41) is 54.4. The molecule has 1 fully saturated rings. The maximum Gasteiger partial charge on any atom is 0.220 e. The van der Waals surface area contributed by atoms with Crippen LogP contribution in [0.15, 0.2) is 72.9 Å². The molecule has 0 saturated carbocycles. The summed E-state index contributed by atoms with van der Waals surface area (Å²) in [4.78, 5) is 13.0. The second-order valence-electron chi connectivity index (χ2n) is 19.4. The third-order valence-corrected chi connectivity index (χ3v) is 13.0. The minimum Gasteiger partial charge on any atom is -0.394 e. The highest BCUT2D eigenvalue weighted by Gasteiger charge is 2.44. The Balaban J connectivity index is 2.22. The number of carbonyl (C=O) groups excluding carboxylic acids is 1. The highest BCUT2D eigenvalue weighted by atomic mass is 16.7. The molecule has 1 aliphatic rings. The molecule has 0 aromatic heterocycles. The molecule has 0 bridgehead atoms. The fourth-order valence-electron chi connectivity index (χ4n) is 8.49. The van der Waals surface area contributed by atoms with Gasteiger partial charge in [0.2, 0.25) is 5.91 Å². The first kappa shape index (κ1) is 63.6. The number of rotatable bonds is 47. The van der Waals surface area contributed by atoms with Gasteiger partial charge in [-0.2, -0.15) is 0 Å². The van der Waals surface area contributed by atoms with Crippen molar-refractivity contribution >= 4 is 5.91 Å². The van der Waals surface area contributed by atoms with E-state index in [0.717, 1.165) is 64.2 Å². The Morgan fingerprint density at radius 1 is 0.500 bits per heavy atom. The van der Waals surface area contributed by atoms with Crippen molar-refractivity contribution in [2.75, 3.05) is 13.2 Å². The molecule has 68 heavy (non-hydrogen) atoms. The first-order valence-electron chi connectivity index (χ1n) is 28.2. The van der Waals surface area contributed by atoms with Gasteiger partial charge in [0.05, 0.1) is 25.4 Å². The van der Waals surface area contributed by atoms with Crippen molar-refractivity contribution in [3.8, 4) is 0 Å². The van der Waals surface area contributed by atoms with Gasteiger partial charge in [0.1, 0.15) is 24.4 Å². The van der Waals surface area contributed by atoms with Crippen LogP contribution in [0.1, 0.15) is 239 Å². The molecule has 0 aliphatic carbocycles. The minimum atomic E-state index is -1.58. The lowest BCUT2D eigenvalue weighted by molar-refractivity contribution is -0.302. The number of nitrogens with one attached hydrogen (secondary N) is 1. The van der Waals surface area contributed by atoms with Crippen LogP contribution in [0.4, 0.5) is 0 Å². The summed E-state index contributed by atoms with van der Waals surface area (Å²) in [5.74, 6) is -0.193. The molecule has 7 unspecified atom stereocenters. The Bertz CT molecular complexity index is 1290. The van der Waals surface area contributed by atoms with E-state index >= 15 is 0 Å². The van der Waals surface area contributed by atoms with Crippen molar-refractivity contribution in [1.29, 1.82) is 0 Å². The zero-order valence-corrected chi connectivity index (χ0v) is 43.6. The van der Waals surface area contributed by atoms with E-state index in [9.17, 15) is 30.3 Å². The van der Waals surface area contributed by atoms with Gasteiger partial charge in [-0.05, 0) is 83.5 Å². The fourth-order valence-corrected chi connectivity index (χ4v) is 8.49. The SMILES string of the molecule is CCCCCCC/C=C\C/C=C\C/C=C\CCCCCCCCCCCCCCCCC(=O)NC(COC1OC(CO)C(O)C(O)C1O)C(O)/C=C/CC/C=C/CC/C=C/CCCCCCCC. The van der Waals surface area contributed by atoms with Crippen LogP contribution in [0.3, 0.4) is 0 Å². The van der Waals surface area contributed by atoms with Crippen LogP contribution in [-0.4, -0.2) is 87.5 Å². The Hall–Kier alpha value is -2.37. The van der Waals surface area contributed by atoms with Crippen LogP contribution in [0, 0.1) is 0 Å². The maximum absolute atomic E-state index is 13.0. The lowest BCUT2D eigenvalue weighted by atomic mass is 9.99. The number of aliphatic hydroxyl groups excluding tert-OH is 5. The van der Waals surface area contributed by atoms with Crippen LogP contribution in [-0.2, 0) is 14.3 Å². The largest absolute Gasteiger partial charge is 0.394 e. The first-order chi connectivity index (χ1) is 33.3. The Morgan fingerprint density at radius 2 is 0.882 bits per heavy atom. The molecule has 1 aliphatic heterocycles. The van der Waals surface area contributed by atoms with E-state index in [1.807, 2.05) is 6.08 Å². The van der Waals surface area contributed by atoms with Gasteiger partial charge in [0.15, 0.2) is 6.29 Å². The van der Waals surface area contributed by atoms with Gasteiger partial charge in [0.25, 0.3) is 0 Å². The Morgan fingerprint density at radius 3 is 1.34 bits per heavy atom. The van der Waals surface area contributed by atoms with Crippen molar-refractivity contribution in [1.82, 2.24) is 5.32 Å². The van der Waals surface area contributed by atoms with Crippen LogP contribution < -0.4 is 5.32 Å². The van der Waals surface area contributed by atoms with Crippen LogP contribution in [0.25, 0.3) is 0 Å². The van der Waals surface area contributed by atoms with Crippen LogP contribution in [0.5, 0.6) is 0 Å². The molecule has 6 N–H and O–H groups in total. The van der Waals surface area contributed by atoms with Gasteiger partial charge in [-0.25, -0.2) is 0 Å². The van der Waals surface area contributed by atoms with Crippen molar-refractivity contribution < 1.29 is 39.8 Å². The van der Waals surface area contributed by atoms with E-state index < -0.39 is 49.5 Å². The van der Waals surface area contributed by atoms with Crippen LogP contribution in [0.2, 0.25) is 0 Å². The summed E-state index contributed by atoms with van der Waals surface area (Å²) in [5.41, 5.74) is 0. The Kier molecular flexibility index (Phi) is 45.2. The summed E-state index contributed by atoms with van der Waals surface area (Å²) < 4.78 is 11.2. The zero-order valence-electron chi connectivity index (χ0n) is 43.6. The molecule has 1 saturated heterocycles. The maximum atomic E-state index is 13.0. The summed E-state index contributed by atoms with van der Waals surface area (Å²) in [6.07, 6.45) is 59.6. The third kappa shape index (κ3) is 37.5. The van der Waals surface area contributed by atoms with E-state index in [1.54, 1.807) is 6.08 Å². The van der Waals surface area contributed by atoms with E-state index in [2.05, 4.69) is 79.9 Å². The molecule has 9 heteroatoms. The number of allylic oxidation sites excluding steroid dienone is 11. The topological polar surface area (TPSA) is 149 Å². The van der Waals surface area contributed by atoms with E-state index in [4.69, 9.17) is 9.47 Å². The predicted molar refractivity (Wildman–Crippen MR) is 285 cm³/mol. The molecule has 394 valence electrons. The second kappa shape index (κ2) is 48.3. The molecule has 0 radical (unpaired) electrons. The van der Waals surface area contributed by atoms with Crippen molar-refractivity contribution in [2.45, 2.75) is 281 Å². The number of carbonyl (C=O) groups is 1. The van der Waals surface area contributed by atoms with Gasteiger partial charge in [-0.1, -0.05) is 222 Å². The average Bonchev–Trinajstić information content (AvgIpc) is 3.34. The second-order valence-corrected chi connectivity index (χ2v) is 19.4. The lowest BCUT2D eigenvalue weighted by Gasteiger charge is -2.40. The zero-order chi connectivity index (χ0) is 49.4. The number of hydrogen-bond acceptors (Lipinski definition) is 8. The number of ether oxygens (including phenoxy) is 2. The molecule has 1 rings (SSSR count). The molecule has 7 atom stereocenters. The van der Waals surface area contributed by atoms with Gasteiger partial charge in [0, 0.05) is 6.42 Å². The molecule has 1 heterocycles. The average molecular weight is 956 g/mol. The molecule has 0 spiro atoms. The number of unbranched alkanes of at least 4 members (excludes halogenated alkanes) is 27. The monoisotopic (exact) mass is 956 g/mol. The van der Waals surface area contributed by atoms with Gasteiger partial charge < -0.3 is 40.3 Å². The van der Waals surface area contributed by atoms with Crippen molar-refractivity contribution in [3.05, 3.63) is 72.9 Å². The Labute approximate surface area is 417 Å². The number of amides is 1. The highest BCUT2D eigenvalue weighted by molar-refractivity contribution is 5.76. The molecular formula is C59H105NO8. The van der Waals surface area contributed by atoms with E-state index in [0.29, 0.717) is 6.42 Å². The minimum absolute atomic E-state index is 0.193. The summed E-state index contributed by atoms with van der Waals surface area (Å²) in [7, 11) is 0. The van der Waals surface area contributed by atoms with E-state index in [-0.39, 0.29) is 12.5 Å². The molecule has 1 amide bonds. The van der Waals surface area contributed by atoms with Crippen LogP contribution >= 0.6 is 0 Å². The molecular weight excluding hydrogens is 851 g/mol. The smallest absolute Gasteiger partial charge is 0.220 e. The molecule has 9 nitrogen and oxygen atoms in total. The van der Waals surface area contributed by atoms with Crippen molar-refractivity contribution in [3.63, 3.8) is 0 Å².